The third-order valence-corrected chi connectivity index (χ3v) is 6.70. The number of benzene rings is 2. The molecule has 1 aliphatic heterocycles. The van der Waals surface area contributed by atoms with Crippen LogP contribution >= 0.6 is 11.6 Å². The average Bonchev–Trinajstić information content (AvgIpc) is 2.70. The van der Waals surface area contributed by atoms with Gasteiger partial charge in [-0.2, -0.15) is 13.1 Å². The second kappa shape index (κ2) is 9.06. The van der Waals surface area contributed by atoms with Gasteiger partial charge in [-0.05, 0) is 55.3 Å². The molecular formula is C19H19ClF2N2O4S. The Labute approximate surface area is 172 Å². The van der Waals surface area contributed by atoms with Gasteiger partial charge in [-0.15, -0.1) is 0 Å². The summed E-state index contributed by atoms with van der Waals surface area (Å²) in [5, 5.41) is 2.66. The minimum absolute atomic E-state index is 0.00217. The van der Waals surface area contributed by atoms with Gasteiger partial charge in [-0.25, -0.2) is 8.42 Å². The van der Waals surface area contributed by atoms with Crippen LogP contribution < -0.4 is 10.1 Å². The molecule has 1 N–H and O–H groups in total. The maximum absolute atomic E-state index is 12.8. The predicted octanol–water partition coefficient (Wildman–Crippen LogP) is 4.37. The zero-order valence-corrected chi connectivity index (χ0v) is 16.8. The molecule has 10 heteroatoms. The van der Waals surface area contributed by atoms with Crippen molar-refractivity contribution in [3.8, 4) is 5.75 Å². The number of anilines is 1. The zero-order chi connectivity index (χ0) is 21.0. The summed E-state index contributed by atoms with van der Waals surface area (Å²) in [5.41, 5.74) is 0.314. The minimum atomic E-state index is -3.72. The number of piperidine rings is 1. The Hall–Kier alpha value is -2.23. The molecule has 2 aromatic rings. The van der Waals surface area contributed by atoms with E-state index in [0.717, 1.165) is 19.3 Å². The first-order valence-corrected chi connectivity index (χ1v) is 10.7. The first kappa shape index (κ1) is 21.5. The number of rotatable bonds is 6. The lowest BCUT2D eigenvalue weighted by molar-refractivity contribution is -0.0498. The molecule has 156 valence electrons. The second-order valence-electron chi connectivity index (χ2n) is 6.46. The van der Waals surface area contributed by atoms with Crippen molar-refractivity contribution >= 4 is 33.2 Å². The fourth-order valence-corrected chi connectivity index (χ4v) is 4.76. The van der Waals surface area contributed by atoms with Gasteiger partial charge >= 0.3 is 6.61 Å². The van der Waals surface area contributed by atoms with Crippen molar-refractivity contribution in [3.63, 3.8) is 0 Å². The molecule has 0 spiro atoms. The predicted molar refractivity (Wildman–Crippen MR) is 105 cm³/mol. The van der Waals surface area contributed by atoms with Gasteiger partial charge in [-0.3, -0.25) is 4.79 Å². The molecule has 0 atom stereocenters. The van der Waals surface area contributed by atoms with Crippen LogP contribution in [0.15, 0.2) is 47.4 Å². The Bertz CT molecular complexity index is 978. The van der Waals surface area contributed by atoms with Gasteiger partial charge in [0.05, 0.1) is 15.5 Å². The maximum Gasteiger partial charge on any atom is 0.387 e. The second-order valence-corrected chi connectivity index (χ2v) is 8.81. The molecule has 0 saturated carbocycles. The molecule has 0 bridgehead atoms. The summed E-state index contributed by atoms with van der Waals surface area (Å²) in [4.78, 5) is 12.6. The molecule has 1 heterocycles. The van der Waals surface area contributed by atoms with Crippen LogP contribution in [0.2, 0.25) is 5.02 Å². The highest BCUT2D eigenvalue weighted by Gasteiger charge is 2.27. The van der Waals surface area contributed by atoms with Crippen molar-refractivity contribution < 1.29 is 26.7 Å². The molecular weight excluding hydrogens is 426 g/mol. The fourth-order valence-electron chi connectivity index (χ4n) is 3.01. The van der Waals surface area contributed by atoms with E-state index in [0.29, 0.717) is 18.8 Å². The number of nitrogens with one attached hydrogen (secondary N) is 1. The summed E-state index contributed by atoms with van der Waals surface area (Å²) < 4.78 is 55.7. The molecule has 1 fully saturated rings. The number of sulfonamides is 1. The first-order valence-electron chi connectivity index (χ1n) is 8.93. The lowest BCUT2D eigenvalue weighted by Gasteiger charge is -2.26. The third kappa shape index (κ3) is 5.23. The molecule has 0 aliphatic carbocycles. The SMILES string of the molecule is O=C(Nc1ccc(OC(F)F)cc1)c1cc(S(=O)(=O)N2CCCCC2)ccc1Cl. The normalized spacial score (nSPS) is 15.3. The summed E-state index contributed by atoms with van der Waals surface area (Å²) in [5.74, 6) is -0.668. The largest absolute Gasteiger partial charge is 0.435 e. The fraction of sp³-hybridized carbons (Fsp3) is 0.316. The number of carbonyl (C=O) groups is 1. The molecule has 1 saturated heterocycles. The van der Waals surface area contributed by atoms with Gasteiger partial charge in [0, 0.05) is 18.8 Å². The molecule has 0 unspecified atom stereocenters. The van der Waals surface area contributed by atoms with Gasteiger partial charge in [0.1, 0.15) is 5.75 Å². The van der Waals surface area contributed by atoms with Gasteiger partial charge in [0.25, 0.3) is 5.91 Å². The smallest absolute Gasteiger partial charge is 0.387 e. The van der Waals surface area contributed by atoms with Gasteiger partial charge in [-0.1, -0.05) is 18.0 Å². The van der Waals surface area contributed by atoms with E-state index in [4.69, 9.17) is 11.6 Å². The topological polar surface area (TPSA) is 75.7 Å². The standard InChI is InChI=1S/C19H19ClF2N2O4S/c20-17-9-8-15(29(26,27)24-10-2-1-3-11-24)12-16(17)18(25)23-13-4-6-14(7-5-13)28-19(21)22/h4-9,12,19H,1-3,10-11H2,(H,23,25). The number of nitrogens with zero attached hydrogens (tertiary/aromatic N) is 1. The van der Waals surface area contributed by atoms with Crippen molar-refractivity contribution in [3.05, 3.63) is 53.1 Å². The summed E-state index contributed by atoms with van der Waals surface area (Å²) in [6, 6.07) is 9.32. The van der Waals surface area contributed by atoms with E-state index in [1.165, 1.54) is 46.8 Å². The number of hydrogen-bond donors (Lipinski definition) is 1. The Morgan fingerprint density at radius 3 is 2.34 bits per heavy atom. The quantitative estimate of drug-likeness (QED) is 0.717. The number of amides is 1. The van der Waals surface area contributed by atoms with Crippen molar-refractivity contribution in [2.45, 2.75) is 30.8 Å². The van der Waals surface area contributed by atoms with Gasteiger partial charge < -0.3 is 10.1 Å². The van der Waals surface area contributed by atoms with Gasteiger partial charge in [0.15, 0.2) is 0 Å². The molecule has 6 nitrogen and oxygen atoms in total. The Balaban J connectivity index is 1.79. The Kier molecular flexibility index (Phi) is 6.71. The van der Waals surface area contributed by atoms with Crippen LogP contribution in [-0.2, 0) is 10.0 Å². The highest BCUT2D eigenvalue weighted by Crippen LogP contribution is 2.26. The van der Waals surface area contributed by atoms with E-state index in [9.17, 15) is 22.0 Å². The van der Waals surface area contributed by atoms with E-state index in [-0.39, 0.29) is 21.2 Å². The first-order chi connectivity index (χ1) is 13.8. The summed E-state index contributed by atoms with van der Waals surface area (Å²) in [7, 11) is -3.72. The summed E-state index contributed by atoms with van der Waals surface area (Å²) in [6.07, 6.45) is 2.58. The minimum Gasteiger partial charge on any atom is -0.435 e. The van der Waals surface area contributed by atoms with Crippen LogP contribution in [0, 0.1) is 0 Å². The number of halogens is 3. The molecule has 0 radical (unpaired) electrons. The van der Waals surface area contributed by atoms with E-state index in [1.807, 2.05) is 0 Å². The van der Waals surface area contributed by atoms with Crippen LogP contribution in [-0.4, -0.2) is 38.3 Å². The van der Waals surface area contributed by atoms with Crippen molar-refractivity contribution in [1.82, 2.24) is 4.31 Å². The third-order valence-electron chi connectivity index (χ3n) is 4.47. The average molecular weight is 445 g/mol. The molecule has 2 aromatic carbocycles. The zero-order valence-electron chi connectivity index (χ0n) is 15.3. The van der Waals surface area contributed by atoms with E-state index in [2.05, 4.69) is 10.1 Å². The van der Waals surface area contributed by atoms with Crippen molar-refractivity contribution in [2.24, 2.45) is 0 Å². The lowest BCUT2D eigenvalue weighted by atomic mass is 10.2. The lowest BCUT2D eigenvalue weighted by Crippen LogP contribution is -2.35. The molecule has 0 aromatic heterocycles. The molecule has 1 aliphatic rings. The molecule has 29 heavy (non-hydrogen) atoms. The summed E-state index contributed by atoms with van der Waals surface area (Å²) >= 11 is 6.10. The van der Waals surface area contributed by atoms with E-state index < -0.39 is 22.5 Å². The van der Waals surface area contributed by atoms with Gasteiger partial charge in [0.2, 0.25) is 10.0 Å². The van der Waals surface area contributed by atoms with E-state index >= 15 is 0 Å². The van der Waals surface area contributed by atoms with Crippen LogP contribution in [0.4, 0.5) is 14.5 Å². The van der Waals surface area contributed by atoms with Crippen molar-refractivity contribution in [1.29, 1.82) is 0 Å². The molecule has 1 amide bonds. The number of hydrogen-bond acceptors (Lipinski definition) is 4. The van der Waals surface area contributed by atoms with Crippen molar-refractivity contribution in [2.75, 3.05) is 18.4 Å². The molecule has 3 rings (SSSR count). The Morgan fingerprint density at radius 1 is 1.07 bits per heavy atom. The van der Waals surface area contributed by atoms with Crippen LogP contribution in [0.1, 0.15) is 29.6 Å². The van der Waals surface area contributed by atoms with Crippen LogP contribution in [0.25, 0.3) is 0 Å². The van der Waals surface area contributed by atoms with Crippen LogP contribution in [0.5, 0.6) is 5.75 Å². The van der Waals surface area contributed by atoms with E-state index in [1.54, 1.807) is 0 Å². The maximum atomic E-state index is 12.8. The number of carbonyl (C=O) groups excluding carboxylic acids is 1. The summed E-state index contributed by atoms with van der Waals surface area (Å²) in [6.45, 7) is -2.06. The highest BCUT2D eigenvalue weighted by molar-refractivity contribution is 7.89. The number of alkyl halides is 2. The van der Waals surface area contributed by atoms with Crippen LogP contribution in [0.3, 0.4) is 0 Å². The number of ether oxygens (including phenoxy) is 1. The highest BCUT2D eigenvalue weighted by atomic mass is 35.5. The monoisotopic (exact) mass is 444 g/mol. The Morgan fingerprint density at radius 2 is 1.72 bits per heavy atom.